The van der Waals surface area contributed by atoms with E-state index in [2.05, 4.69) is 44.5 Å². The van der Waals surface area contributed by atoms with Crippen LogP contribution in [0, 0.1) is 5.92 Å². The summed E-state index contributed by atoms with van der Waals surface area (Å²) in [5, 5.41) is 0. The molecule has 1 aliphatic heterocycles. The van der Waals surface area contributed by atoms with Gasteiger partial charge in [-0.2, -0.15) is 0 Å². The third kappa shape index (κ3) is 2.44. The highest BCUT2D eigenvalue weighted by Gasteiger charge is 2.40. The lowest BCUT2D eigenvalue weighted by atomic mass is 9.88. The summed E-state index contributed by atoms with van der Waals surface area (Å²) in [5.74, 6) is 1.41. The number of guanidine groups is 1. The Morgan fingerprint density at radius 3 is 2.53 bits per heavy atom. The predicted molar refractivity (Wildman–Crippen MR) is 65.9 cm³/mol. The van der Waals surface area contributed by atoms with Crippen molar-refractivity contribution >= 4 is 5.96 Å². The van der Waals surface area contributed by atoms with E-state index in [9.17, 15) is 0 Å². The number of hydrogen-bond donors (Lipinski definition) is 1. The Balaban J connectivity index is 2.82. The molecule has 0 saturated carbocycles. The minimum atomic E-state index is 0.133. The van der Waals surface area contributed by atoms with Crippen LogP contribution in [0.25, 0.3) is 0 Å². The van der Waals surface area contributed by atoms with Gasteiger partial charge in [0.05, 0.1) is 12.1 Å². The summed E-state index contributed by atoms with van der Waals surface area (Å²) in [7, 11) is 0. The Bertz CT molecular complexity index is 247. The third-order valence-electron chi connectivity index (χ3n) is 3.29. The van der Waals surface area contributed by atoms with Crippen LogP contribution in [0.3, 0.4) is 0 Å². The first-order valence-corrected chi connectivity index (χ1v) is 6.00. The Labute approximate surface area is 93.7 Å². The summed E-state index contributed by atoms with van der Waals surface area (Å²) in [6.07, 6.45) is 2.27. The molecule has 0 aromatic carbocycles. The molecule has 3 heteroatoms. The van der Waals surface area contributed by atoms with Gasteiger partial charge >= 0.3 is 0 Å². The van der Waals surface area contributed by atoms with Crippen LogP contribution in [0.4, 0.5) is 0 Å². The topological polar surface area (TPSA) is 41.6 Å². The zero-order chi connectivity index (χ0) is 11.6. The standard InChI is InChI=1S/C12H25N3/c1-6-10(4)15-11(13)14-8-12(15,5)7-9(2)3/h9-10H,6-8H2,1-5H3,(H2,13,14). The van der Waals surface area contributed by atoms with Gasteiger partial charge in [0.1, 0.15) is 0 Å². The van der Waals surface area contributed by atoms with Gasteiger partial charge < -0.3 is 10.6 Å². The molecule has 0 fully saturated rings. The van der Waals surface area contributed by atoms with Gasteiger partial charge in [-0.25, -0.2) is 0 Å². The molecule has 3 nitrogen and oxygen atoms in total. The summed E-state index contributed by atoms with van der Waals surface area (Å²) < 4.78 is 0. The van der Waals surface area contributed by atoms with E-state index in [0.717, 1.165) is 25.3 Å². The van der Waals surface area contributed by atoms with E-state index in [4.69, 9.17) is 5.73 Å². The van der Waals surface area contributed by atoms with Crippen molar-refractivity contribution < 1.29 is 0 Å². The number of aliphatic imine (C=N–C) groups is 1. The molecular formula is C12H25N3. The predicted octanol–water partition coefficient (Wildman–Crippen LogP) is 2.22. The van der Waals surface area contributed by atoms with E-state index >= 15 is 0 Å². The lowest BCUT2D eigenvalue weighted by Crippen LogP contribution is -2.54. The van der Waals surface area contributed by atoms with Crippen LogP contribution in [0.15, 0.2) is 4.99 Å². The molecule has 2 N–H and O–H groups in total. The molecule has 1 heterocycles. The van der Waals surface area contributed by atoms with E-state index in [1.807, 2.05) is 0 Å². The van der Waals surface area contributed by atoms with E-state index in [1.165, 1.54) is 0 Å². The maximum atomic E-state index is 5.98. The summed E-state index contributed by atoms with van der Waals surface area (Å²) in [5.41, 5.74) is 6.12. The zero-order valence-electron chi connectivity index (χ0n) is 10.7. The number of nitrogens with zero attached hydrogens (tertiary/aromatic N) is 2. The van der Waals surface area contributed by atoms with Crippen LogP contribution in [0.2, 0.25) is 0 Å². The van der Waals surface area contributed by atoms with Crippen molar-refractivity contribution in [1.29, 1.82) is 0 Å². The largest absolute Gasteiger partial charge is 0.370 e. The monoisotopic (exact) mass is 211 g/mol. The highest BCUT2D eigenvalue weighted by atomic mass is 15.4. The maximum Gasteiger partial charge on any atom is 0.192 e. The van der Waals surface area contributed by atoms with Gasteiger partial charge in [0.2, 0.25) is 0 Å². The molecule has 0 saturated heterocycles. The fraction of sp³-hybridized carbons (Fsp3) is 0.917. The van der Waals surface area contributed by atoms with E-state index in [-0.39, 0.29) is 5.54 Å². The fourth-order valence-corrected chi connectivity index (χ4v) is 2.66. The van der Waals surface area contributed by atoms with Crippen LogP contribution in [0.1, 0.15) is 47.5 Å². The Morgan fingerprint density at radius 2 is 2.07 bits per heavy atom. The SMILES string of the molecule is CCC(C)N1C(N)=NCC1(C)CC(C)C. The van der Waals surface area contributed by atoms with Crippen molar-refractivity contribution in [2.45, 2.75) is 59.0 Å². The zero-order valence-corrected chi connectivity index (χ0v) is 10.7. The Hall–Kier alpha value is -0.730. The van der Waals surface area contributed by atoms with Crippen LogP contribution in [-0.2, 0) is 0 Å². The van der Waals surface area contributed by atoms with Crippen molar-refractivity contribution in [1.82, 2.24) is 4.90 Å². The molecule has 1 rings (SSSR count). The number of nitrogens with two attached hydrogens (primary N) is 1. The molecule has 0 bridgehead atoms. The van der Waals surface area contributed by atoms with Crippen molar-refractivity contribution in [2.24, 2.45) is 16.6 Å². The van der Waals surface area contributed by atoms with Crippen LogP contribution in [-0.4, -0.2) is 29.0 Å². The minimum Gasteiger partial charge on any atom is -0.370 e. The average molecular weight is 211 g/mol. The number of hydrogen-bond acceptors (Lipinski definition) is 3. The molecule has 88 valence electrons. The molecule has 0 spiro atoms. The second kappa shape index (κ2) is 4.42. The summed E-state index contributed by atoms with van der Waals surface area (Å²) in [6, 6.07) is 0.486. The van der Waals surface area contributed by atoms with Gasteiger partial charge in [0, 0.05) is 6.04 Å². The van der Waals surface area contributed by atoms with E-state index < -0.39 is 0 Å². The Morgan fingerprint density at radius 1 is 1.47 bits per heavy atom. The van der Waals surface area contributed by atoms with Crippen LogP contribution >= 0.6 is 0 Å². The van der Waals surface area contributed by atoms with Crippen molar-refractivity contribution in [3.63, 3.8) is 0 Å². The lowest BCUT2D eigenvalue weighted by molar-refractivity contribution is 0.144. The first-order valence-electron chi connectivity index (χ1n) is 6.00. The second-order valence-electron chi connectivity index (χ2n) is 5.40. The molecule has 2 atom stereocenters. The summed E-state index contributed by atoms with van der Waals surface area (Å²) >= 11 is 0. The molecule has 0 amide bonds. The highest BCUT2D eigenvalue weighted by Crippen LogP contribution is 2.31. The van der Waals surface area contributed by atoms with Gasteiger partial charge in [-0.05, 0) is 32.6 Å². The molecule has 0 aromatic rings. The summed E-state index contributed by atoms with van der Waals surface area (Å²) in [6.45, 7) is 12.1. The normalized spacial score (nSPS) is 28.4. The summed E-state index contributed by atoms with van der Waals surface area (Å²) in [4.78, 5) is 6.73. The molecule has 0 aliphatic carbocycles. The van der Waals surface area contributed by atoms with Gasteiger partial charge in [-0.15, -0.1) is 0 Å². The lowest BCUT2D eigenvalue weighted by Gasteiger charge is -2.41. The molecule has 0 radical (unpaired) electrons. The molecule has 2 unspecified atom stereocenters. The number of rotatable bonds is 4. The van der Waals surface area contributed by atoms with Crippen LogP contribution < -0.4 is 5.73 Å². The second-order valence-corrected chi connectivity index (χ2v) is 5.40. The Kier molecular flexibility index (Phi) is 3.63. The van der Waals surface area contributed by atoms with Gasteiger partial charge in [-0.3, -0.25) is 4.99 Å². The first-order chi connectivity index (χ1) is 6.90. The smallest absolute Gasteiger partial charge is 0.192 e. The average Bonchev–Trinajstić information content (AvgIpc) is 2.40. The van der Waals surface area contributed by atoms with Gasteiger partial charge in [0.15, 0.2) is 5.96 Å². The maximum absolute atomic E-state index is 5.98. The van der Waals surface area contributed by atoms with Crippen LogP contribution in [0.5, 0.6) is 0 Å². The van der Waals surface area contributed by atoms with E-state index in [0.29, 0.717) is 12.0 Å². The molecule has 15 heavy (non-hydrogen) atoms. The third-order valence-corrected chi connectivity index (χ3v) is 3.29. The van der Waals surface area contributed by atoms with Crippen molar-refractivity contribution in [2.75, 3.05) is 6.54 Å². The quantitative estimate of drug-likeness (QED) is 0.774. The fourth-order valence-electron chi connectivity index (χ4n) is 2.66. The van der Waals surface area contributed by atoms with Gasteiger partial charge in [0.25, 0.3) is 0 Å². The first kappa shape index (κ1) is 12.3. The molecular weight excluding hydrogens is 186 g/mol. The van der Waals surface area contributed by atoms with Gasteiger partial charge in [-0.1, -0.05) is 20.8 Å². The van der Waals surface area contributed by atoms with Crippen molar-refractivity contribution in [3.05, 3.63) is 0 Å². The molecule has 0 aromatic heterocycles. The van der Waals surface area contributed by atoms with E-state index in [1.54, 1.807) is 0 Å². The molecule has 1 aliphatic rings. The van der Waals surface area contributed by atoms with Crippen molar-refractivity contribution in [3.8, 4) is 0 Å². The minimum absolute atomic E-state index is 0.133. The highest BCUT2D eigenvalue weighted by molar-refractivity contribution is 5.81.